The first-order chi connectivity index (χ1) is 15.9. The number of rotatable bonds is 5. The van der Waals surface area contributed by atoms with Crippen molar-refractivity contribution in [2.45, 2.75) is 63.5 Å². The van der Waals surface area contributed by atoms with Crippen molar-refractivity contribution in [3.8, 4) is 0 Å². The van der Waals surface area contributed by atoms with Gasteiger partial charge >= 0.3 is 0 Å². The number of hydrogen-bond donors (Lipinski definition) is 3. The van der Waals surface area contributed by atoms with E-state index in [0.717, 1.165) is 32.5 Å². The van der Waals surface area contributed by atoms with Gasteiger partial charge in [0.2, 0.25) is 11.8 Å². The van der Waals surface area contributed by atoms with Gasteiger partial charge in [0, 0.05) is 37.8 Å². The van der Waals surface area contributed by atoms with Gasteiger partial charge < -0.3 is 20.9 Å². The van der Waals surface area contributed by atoms with Crippen molar-refractivity contribution >= 4 is 23.2 Å². The summed E-state index contributed by atoms with van der Waals surface area (Å²) in [5, 5.41) is 5.38. The molecule has 33 heavy (non-hydrogen) atoms. The van der Waals surface area contributed by atoms with Crippen molar-refractivity contribution in [3.63, 3.8) is 0 Å². The van der Waals surface area contributed by atoms with Crippen LogP contribution in [0.2, 0.25) is 0 Å². The monoisotopic (exact) mass is 457 g/mol. The predicted octanol–water partition coefficient (Wildman–Crippen LogP) is 2.46. The number of nitrogens with one attached hydrogen (secondary N) is 2. The van der Waals surface area contributed by atoms with Gasteiger partial charge in [-0.3, -0.25) is 14.9 Å². The van der Waals surface area contributed by atoms with E-state index in [4.69, 9.17) is 5.73 Å². The number of benzene rings is 1. The highest BCUT2D eigenvalue weighted by Gasteiger charge is 2.44. The second-order valence-corrected chi connectivity index (χ2v) is 10.7. The molecule has 0 aromatic heterocycles. The molecule has 3 heterocycles. The molecule has 180 valence electrons. The molecular weight excluding hydrogens is 421 g/mol. The molecule has 4 fully saturated rings. The van der Waals surface area contributed by atoms with E-state index in [2.05, 4.69) is 20.4 Å². The van der Waals surface area contributed by atoms with Gasteiger partial charge in [0.05, 0.1) is 5.69 Å². The lowest BCUT2D eigenvalue weighted by Crippen LogP contribution is -2.52. The van der Waals surface area contributed by atoms with Crippen LogP contribution in [0.1, 0.15) is 51.4 Å². The van der Waals surface area contributed by atoms with Gasteiger partial charge in [-0.15, -0.1) is 0 Å². The summed E-state index contributed by atoms with van der Waals surface area (Å²) in [5.41, 5.74) is 7.77. The van der Waals surface area contributed by atoms with E-state index >= 15 is 0 Å². The highest BCUT2D eigenvalue weighted by Crippen LogP contribution is 2.48. The Kier molecular flexibility index (Phi) is 6.31. The van der Waals surface area contributed by atoms with Gasteiger partial charge in [0.1, 0.15) is 11.9 Å². The molecule has 5 rings (SSSR count). The molecular formula is C25H36FN5O2. The van der Waals surface area contributed by atoms with Crippen LogP contribution in [0.5, 0.6) is 0 Å². The molecule has 4 N–H and O–H groups in total. The first-order valence-corrected chi connectivity index (χ1v) is 12.5. The Hall–Kier alpha value is -2.19. The molecule has 1 aromatic rings. The molecule has 1 unspecified atom stereocenters. The molecule has 3 aliphatic heterocycles. The van der Waals surface area contributed by atoms with Crippen molar-refractivity contribution in [3.05, 3.63) is 24.0 Å². The minimum Gasteiger partial charge on any atom is -0.374 e. The quantitative estimate of drug-likeness (QED) is 0.589. The second-order valence-electron chi connectivity index (χ2n) is 10.7. The number of carbonyl (C=O) groups excluding carboxylic acids is 2. The number of piperidine rings is 3. The highest BCUT2D eigenvalue weighted by molar-refractivity contribution is 6.01. The maximum absolute atomic E-state index is 14.9. The lowest BCUT2D eigenvalue weighted by atomic mass is 9.60. The number of hydrogen-bond acceptors (Lipinski definition) is 6. The maximum Gasteiger partial charge on any atom is 0.249 e. The third-order valence-corrected chi connectivity index (χ3v) is 8.31. The standard InChI is InChI=1S/C25H36FN5O2/c26-20-13-19(28-21-2-4-23(32)29-24(21)33)1-3-22(20)31-9-5-17(6-10-31)16-30-11-7-25(8-12-30)14-18(27)15-25/h1,3,13,17-18,21,28H,2,4-12,14-16,27H2,(H,29,32,33). The fraction of sp³-hybridized carbons (Fsp3) is 0.680. The van der Waals surface area contributed by atoms with Crippen LogP contribution >= 0.6 is 0 Å². The molecule has 7 nitrogen and oxygen atoms in total. The zero-order chi connectivity index (χ0) is 23.0. The average molecular weight is 458 g/mol. The number of imide groups is 1. The number of nitrogens with zero attached hydrogens (tertiary/aromatic N) is 2. The molecule has 0 bridgehead atoms. The Morgan fingerprint density at radius 3 is 2.45 bits per heavy atom. The fourth-order valence-corrected chi connectivity index (χ4v) is 6.28. The van der Waals surface area contributed by atoms with Crippen LogP contribution in [-0.4, -0.2) is 61.5 Å². The molecule has 1 saturated carbocycles. The second kappa shape index (κ2) is 9.22. The molecule has 1 aromatic carbocycles. The molecule has 3 saturated heterocycles. The van der Waals surface area contributed by atoms with Crippen LogP contribution in [-0.2, 0) is 9.59 Å². The number of nitrogens with two attached hydrogens (primary N) is 1. The first kappa shape index (κ1) is 22.6. The van der Waals surface area contributed by atoms with E-state index in [9.17, 15) is 14.0 Å². The van der Waals surface area contributed by atoms with Crippen molar-refractivity contribution < 1.29 is 14.0 Å². The van der Waals surface area contributed by atoms with E-state index in [1.165, 1.54) is 44.8 Å². The Balaban J connectivity index is 1.09. The zero-order valence-corrected chi connectivity index (χ0v) is 19.3. The van der Waals surface area contributed by atoms with E-state index in [-0.39, 0.29) is 17.6 Å². The van der Waals surface area contributed by atoms with Gasteiger partial charge in [-0.2, -0.15) is 0 Å². The number of carbonyl (C=O) groups is 2. The van der Waals surface area contributed by atoms with Crippen LogP contribution in [0, 0.1) is 17.2 Å². The summed E-state index contributed by atoms with van der Waals surface area (Å²) in [6.07, 6.45) is 7.91. The zero-order valence-electron chi connectivity index (χ0n) is 19.3. The largest absolute Gasteiger partial charge is 0.374 e. The van der Waals surface area contributed by atoms with Crippen LogP contribution < -0.4 is 21.3 Å². The SMILES string of the molecule is NC1CC2(CCN(CC3CCN(c4ccc(NC5CCC(=O)NC5=O)cc4F)CC3)CC2)C1. The predicted molar refractivity (Wildman–Crippen MR) is 126 cm³/mol. The lowest BCUT2D eigenvalue weighted by molar-refractivity contribution is -0.133. The summed E-state index contributed by atoms with van der Waals surface area (Å²) in [4.78, 5) is 28.0. The van der Waals surface area contributed by atoms with Gasteiger partial charge in [-0.25, -0.2) is 4.39 Å². The summed E-state index contributed by atoms with van der Waals surface area (Å²) in [5.74, 6) is -0.200. The van der Waals surface area contributed by atoms with Crippen molar-refractivity contribution in [1.29, 1.82) is 0 Å². The van der Waals surface area contributed by atoms with Crippen molar-refractivity contribution in [1.82, 2.24) is 10.2 Å². The maximum atomic E-state index is 14.9. The van der Waals surface area contributed by atoms with Crippen LogP contribution in [0.4, 0.5) is 15.8 Å². The Morgan fingerprint density at radius 1 is 1.09 bits per heavy atom. The van der Waals surface area contributed by atoms with Gasteiger partial charge in [0.25, 0.3) is 0 Å². The third-order valence-electron chi connectivity index (χ3n) is 8.31. The highest BCUT2D eigenvalue weighted by atomic mass is 19.1. The Morgan fingerprint density at radius 2 is 1.82 bits per heavy atom. The van der Waals surface area contributed by atoms with Gasteiger partial charge in [-0.1, -0.05) is 0 Å². The average Bonchev–Trinajstić information content (AvgIpc) is 2.77. The normalized spacial score (nSPS) is 26.8. The van der Waals surface area contributed by atoms with E-state index in [1.807, 2.05) is 6.07 Å². The summed E-state index contributed by atoms with van der Waals surface area (Å²) in [6.45, 7) is 5.29. The minimum atomic E-state index is -0.505. The first-order valence-electron chi connectivity index (χ1n) is 12.5. The number of likely N-dealkylation sites (tertiary alicyclic amines) is 1. The summed E-state index contributed by atoms with van der Waals surface area (Å²) < 4.78 is 14.9. The van der Waals surface area contributed by atoms with E-state index in [1.54, 1.807) is 6.07 Å². The third kappa shape index (κ3) is 5.01. The summed E-state index contributed by atoms with van der Waals surface area (Å²) >= 11 is 0. The van der Waals surface area contributed by atoms with E-state index < -0.39 is 6.04 Å². The summed E-state index contributed by atoms with van der Waals surface area (Å²) in [6, 6.07) is 5.01. The summed E-state index contributed by atoms with van der Waals surface area (Å²) in [7, 11) is 0. The van der Waals surface area contributed by atoms with E-state index in [0.29, 0.717) is 41.6 Å². The molecule has 2 amide bonds. The van der Waals surface area contributed by atoms with Gasteiger partial charge in [0.15, 0.2) is 0 Å². The molecule has 4 aliphatic rings. The molecule has 1 atom stereocenters. The minimum absolute atomic E-state index is 0.254. The molecule has 0 radical (unpaired) electrons. The molecule has 1 aliphatic carbocycles. The molecule has 8 heteroatoms. The number of amides is 2. The fourth-order valence-electron chi connectivity index (χ4n) is 6.28. The van der Waals surface area contributed by atoms with Crippen LogP contribution in [0.15, 0.2) is 18.2 Å². The number of anilines is 2. The Labute approximate surface area is 195 Å². The Bertz CT molecular complexity index is 885. The molecule has 1 spiro atoms. The van der Waals surface area contributed by atoms with Crippen molar-refractivity contribution in [2.75, 3.05) is 42.9 Å². The van der Waals surface area contributed by atoms with Crippen molar-refractivity contribution in [2.24, 2.45) is 17.1 Å². The smallest absolute Gasteiger partial charge is 0.249 e. The van der Waals surface area contributed by atoms with Gasteiger partial charge in [-0.05, 0) is 87.6 Å². The number of halogens is 1. The lowest BCUT2D eigenvalue weighted by Gasteiger charge is -2.51. The topological polar surface area (TPSA) is 90.7 Å². The van der Waals surface area contributed by atoms with Crippen LogP contribution in [0.3, 0.4) is 0 Å². The van der Waals surface area contributed by atoms with Crippen LogP contribution in [0.25, 0.3) is 0 Å².